The lowest BCUT2D eigenvalue weighted by molar-refractivity contribution is -0.138. The molecule has 43 heavy (non-hydrogen) atoms. The molecule has 5 rings (SSSR count). The summed E-state index contributed by atoms with van der Waals surface area (Å²) in [5.74, 6) is 1.42. The molecule has 0 aliphatic carbocycles. The van der Waals surface area contributed by atoms with E-state index in [1.165, 1.54) is 18.2 Å². The maximum absolute atomic E-state index is 13.5. The number of sulfonamides is 1. The van der Waals surface area contributed by atoms with Gasteiger partial charge in [0.1, 0.15) is 29.0 Å². The summed E-state index contributed by atoms with van der Waals surface area (Å²) in [5.41, 5.74) is 2.07. The SMILES string of the molecule is CCCc1cc(Oc2ccccc2)ccc1OCCCOc1ccc(S(=O)(=O)N2c3ccccc3CC2C(=O)O)cc1Cl. The van der Waals surface area contributed by atoms with Crippen LogP contribution in [0.4, 0.5) is 5.69 Å². The number of aliphatic carboxylic acids is 1. The number of carbonyl (C=O) groups is 1. The summed E-state index contributed by atoms with van der Waals surface area (Å²) in [6.45, 7) is 2.81. The van der Waals surface area contributed by atoms with Crippen molar-refractivity contribution < 1.29 is 32.5 Å². The number of carboxylic acid groups (broad SMARTS) is 1. The molecule has 4 aromatic rings. The molecule has 0 aromatic heterocycles. The van der Waals surface area contributed by atoms with Gasteiger partial charge in [-0.1, -0.05) is 61.3 Å². The summed E-state index contributed by atoms with van der Waals surface area (Å²) in [7, 11) is -4.19. The van der Waals surface area contributed by atoms with Gasteiger partial charge in [-0.15, -0.1) is 0 Å². The zero-order valence-electron chi connectivity index (χ0n) is 23.6. The van der Waals surface area contributed by atoms with Crippen molar-refractivity contribution in [1.82, 2.24) is 0 Å². The van der Waals surface area contributed by atoms with E-state index in [2.05, 4.69) is 6.92 Å². The number of rotatable bonds is 13. The molecule has 224 valence electrons. The third-order valence-corrected chi connectivity index (χ3v) is 9.12. The molecule has 1 aliphatic rings. The van der Waals surface area contributed by atoms with Crippen LogP contribution in [0.5, 0.6) is 23.0 Å². The van der Waals surface area contributed by atoms with E-state index in [1.807, 2.05) is 48.5 Å². The minimum absolute atomic E-state index is 0.0906. The topological polar surface area (TPSA) is 102 Å². The van der Waals surface area contributed by atoms with Gasteiger partial charge in [-0.05, 0) is 72.1 Å². The highest BCUT2D eigenvalue weighted by molar-refractivity contribution is 7.93. The first-order valence-corrected chi connectivity index (χ1v) is 15.9. The summed E-state index contributed by atoms with van der Waals surface area (Å²) in [5, 5.41) is 9.83. The van der Waals surface area contributed by atoms with Gasteiger partial charge in [-0.25, -0.2) is 13.2 Å². The quantitative estimate of drug-likeness (QED) is 0.158. The number of fused-ring (bicyclic) bond motifs is 1. The van der Waals surface area contributed by atoms with Crippen molar-refractivity contribution in [3.63, 3.8) is 0 Å². The third-order valence-electron chi connectivity index (χ3n) is 7.00. The van der Waals surface area contributed by atoms with Gasteiger partial charge in [0.25, 0.3) is 10.0 Å². The fraction of sp³-hybridized carbons (Fsp3) is 0.242. The van der Waals surface area contributed by atoms with Crippen LogP contribution in [0.1, 0.15) is 30.9 Å². The van der Waals surface area contributed by atoms with Crippen molar-refractivity contribution in [3.8, 4) is 23.0 Å². The first-order chi connectivity index (χ1) is 20.8. The van der Waals surface area contributed by atoms with Crippen LogP contribution < -0.4 is 18.5 Å². The summed E-state index contributed by atoms with van der Waals surface area (Å²) in [4.78, 5) is 11.8. The Labute approximate surface area is 256 Å². The van der Waals surface area contributed by atoms with E-state index in [1.54, 1.807) is 24.3 Å². The van der Waals surface area contributed by atoms with Crippen LogP contribution in [0.2, 0.25) is 5.02 Å². The molecule has 0 spiro atoms. The summed E-state index contributed by atoms with van der Waals surface area (Å²) < 4.78 is 45.8. The second-order valence-electron chi connectivity index (χ2n) is 10.1. The Balaban J connectivity index is 1.18. The smallest absolute Gasteiger partial charge is 0.327 e. The van der Waals surface area contributed by atoms with Crippen molar-refractivity contribution in [2.45, 2.75) is 43.5 Å². The minimum atomic E-state index is -4.19. The van der Waals surface area contributed by atoms with E-state index < -0.39 is 22.0 Å². The average molecular weight is 622 g/mol. The Kier molecular flexibility index (Phi) is 9.43. The van der Waals surface area contributed by atoms with Crippen molar-refractivity contribution >= 4 is 33.3 Å². The van der Waals surface area contributed by atoms with Crippen molar-refractivity contribution in [1.29, 1.82) is 0 Å². The number of benzene rings is 4. The average Bonchev–Trinajstić information content (AvgIpc) is 3.40. The first kappa shape index (κ1) is 30.3. The number of nitrogens with zero attached hydrogens (tertiary/aromatic N) is 1. The van der Waals surface area contributed by atoms with Crippen LogP contribution in [0.25, 0.3) is 0 Å². The van der Waals surface area contributed by atoms with Gasteiger partial charge in [-0.3, -0.25) is 4.31 Å². The molecule has 1 aliphatic heterocycles. The predicted octanol–water partition coefficient (Wildman–Crippen LogP) is 7.14. The van der Waals surface area contributed by atoms with Gasteiger partial charge in [-0.2, -0.15) is 0 Å². The van der Waals surface area contributed by atoms with Gasteiger partial charge in [0.05, 0.1) is 28.8 Å². The number of aryl methyl sites for hydroxylation is 1. The second kappa shape index (κ2) is 13.4. The maximum atomic E-state index is 13.5. The van der Waals surface area contributed by atoms with Gasteiger partial charge in [0.15, 0.2) is 0 Å². The van der Waals surface area contributed by atoms with E-state index >= 15 is 0 Å². The van der Waals surface area contributed by atoms with Crippen LogP contribution in [0, 0.1) is 0 Å². The standard InChI is InChI=1S/C33H32ClNO7S/c1-2-9-24-20-26(42-25-11-4-3-5-12-25)14-16-31(24)40-18-8-19-41-32-17-15-27(22-28(32)34)43(38,39)35-29-13-7-6-10-23(29)21-30(35)33(36)37/h3-7,10-17,20,22,30H,2,8-9,18-19,21H2,1H3,(H,36,37). The summed E-state index contributed by atoms with van der Waals surface area (Å²) >= 11 is 6.41. The Morgan fingerprint density at radius 3 is 2.33 bits per heavy atom. The van der Waals surface area contributed by atoms with Crippen molar-refractivity contribution in [2.24, 2.45) is 0 Å². The number of hydrogen-bond acceptors (Lipinski definition) is 6. The number of carboxylic acids is 1. The Morgan fingerprint density at radius 2 is 1.60 bits per heavy atom. The molecule has 0 amide bonds. The number of hydrogen-bond donors (Lipinski definition) is 1. The Hall–Kier alpha value is -4.21. The monoisotopic (exact) mass is 621 g/mol. The van der Waals surface area contributed by atoms with Gasteiger partial charge in [0.2, 0.25) is 0 Å². The predicted molar refractivity (Wildman–Crippen MR) is 165 cm³/mol. The Morgan fingerprint density at radius 1 is 0.907 bits per heavy atom. The van der Waals surface area contributed by atoms with E-state index in [-0.39, 0.29) is 16.3 Å². The lowest BCUT2D eigenvalue weighted by Crippen LogP contribution is -2.42. The van der Waals surface area contributed by atoms with Crippen molar-refractivity contribution in [3.05, 3.63) is 107 Å². The highest BCUT2D eigenvalue weighted by Crippen LogP contribution is 2.38. The summed E-state index contributed by atoms with van der Waals surface area (Å²) in [6.07, 6.45) is 2.46. The van der Waals surface area contributed by atoms with E-state index in [4.69, 9.17) is 25.8 Å². The van der Waals surface area contributed by atoms with Crippen LogP contribution in [0.3, 0.4) is 0 Å². The van der Waals surface area contributed by atoms with Crippen LogP contribution in [-0.2, 0) is 27.7 Å². The lowest BCUT2D eigenvalue weighted by Gasteiger charge is -2.24. The van der Waals surface area contributed by atoms with Crippen LogP contribution in [-0.4, -0.2) is 38.7 Å². The first-order valence-electron chi connectivity index (χ1n) is 14.0. The lowest BCUT2D eigenvalue weighted by atomic mass is 10.1. The molecule has 0 fully saturated rings. The molecule has 0 radical (unpaired) electrons. The van der Waals surface area contributed by atoms with Crippen LogP contribution in [0.15, 0.2) is 95.9 Å². The molecule has 1 atom stereocenters. The molecule has 0 saturated carbocycles. The second-order valence-corrected chi connectivity index (χ2v) is 12.3. The van der Waals surface area contributed by atoms with Crippen molar-refractivity contribution in [2.75, 3.05) is 17.5 Å². The van der Waals surface area contributed by atoms with E-state index in [0.717, 1.165) is 40.0 Å². The molecule has 10 heteroatoms. The molecule has 1 N–H and O–H groups in total. The molecule has 0 bridgehead atoms. The molecular weight excluding hydrogens is 590 g/mol. The maximum Gasteiger partial charge on any atom is 0.327 e. The molecule has 1 unspecified atom stereocenters. The summed E-state index contributed by atoms with van der Waals surface area (Å²) in [6, 6.07) is 25.1. The number of halogens is 1. The molecule has 4 aromatic carbocycles. The Bertz CT molecular complexity index is 1700. The number of anilines is 1. The van der Waals surface area contributed by atoms with Crippen LogP contribution >= 0.6 is 11.6 Å². The molecular formula is C33H32ClNO7S. The molecule has 1 heterocycles. The largest absolute Gasteiger partial charge is 0.493 e. The third kappa shape index (κ3) is 6.89. The highest BCUT2D eigenvalue weighted by Gasteiger charge is 2.42. The minimum Gasteiger partial charge on any atom is -0.493 e. The van der Waals surface area contributed by atoms with E-state index in [0.29, 0.717) is 36.6 Å². The highest BCUT2D eigenvalue weighted by atomic mass is 35.5. The molecule has 8 nitrogen and oxygen atoms in total. The number of para-hydroxylation sites is 2. The zero-order valence-corrected chi connectivity index (χ0v) is 25.2. The normalized spacial score (nSPS) is 14.3. The van der Waals surface area contributed by atoms with Gasteiger partial charge < -0.3 is 19.3 Å². The fourth-order valence-electron chi connectivity index (χ4n) is 4.99. The van der Waals surface area contributed by atoms with Gasteiger partial charge in [0, 0.05) is 12.8 Å². The van der Waals surface area contributed by atoms with E-state index in [9.17, 15) is 18.3 Å². The zero-order chi connectivity index (χ0) is 30.4. The fourth-order valence-corrected chi connectivity index (χ4v) is 6.96. The molecule has 0 saturated heterocycles. The van der Waals surface area contributed by atoms with Gasteiger partial charge >= 0.3 is 5.97 Å². The number of ether oxygens (including phenoxy) is 3.